The molecule has 116 valence electrons. The third-order valence-electron chi connectivity index (χ3n) is 4.02. The summed E-state index contributed by atoms with van der Waals surface area (Å²) in [5.41, 5.74) is 6.93. The van der Waals surface area contributed by atoms with Crippen LogP contribution in [0.4, 0.5) is 4.79 Å². The number of nitrogens with two attached hydrogens (primary N) is 1. The Labute approximate surface area is 128 Å². The first-order chi connectivity index (χ1) is 10.6. The van der Waals surface area contributed by atoms with Crippen molar-refractivity contribution in [2.45, 2.75) is 44.6 Å². The molecule has 2 aromatic heterocycles. The minimum Gasteiger partial charge on any atom is -0.420 e. The van der Waals surface area contributed by atoms with Crippen LogP contribution in [0.25, 0.3) is 11.5 Å². The highest BCUT2D eigenvalue weighted by Crippen LogP contribution is 2.33. The molecule has 3 rings (SSSR count). The summed E-state index contributed by atoms with van der Waals surface area (Å²) in [4.78, 5) is 15.1. The van der Waals surface area contributed by atoms with Crippen LogP contribution in [0.5, 0.6) is 0 Å². The van der Waals surface area contributed by atoms with Crippen LogP contribution in [-0.2, 0) is 0 Å². The van der Waals surface area contributed by atoms with Crippen molar-refractivity contribution in [1.29, 1.82) is 0 Å². The Morgan fingerprint density at radius 1 is 1.27 bits per heavy atom. The molecule has 0 saturated heterocycles. The maximum Gasteiger partial charge on any atom is 0.312 e. The van der Waals surface area contributed by atoms with Gasteiger partial charge in [0.1, 0.15) is 0 Å². The molecular weight excluding hydrogens is 282 g/mol. The van der Waals surface area contributed by atoms with Crippen LogP contribution in [0.1, 0.15) is 43.2 Å². The summed E-state index contributed by atoms with van der Waals surface area (Å²) in [6.45, 7) is 1.93. The van der Waals surface area contributed by atoms with Gasteiger partial charge in [0.15, 0.2) is 0 Å². The molecule has 22 heavy (non-hydrogen) atoms. The van der Waals surface area contributed by atoms with Gasteiger partial charge >= 0.3 is 6.03 Å². The second-order valence-electron chi connectivity index (χ2n) is 5.69. The molecule has 2 heterocycles. The summed E-state index contributed by atoms with van der Waals surface area (Å²) in [5, 5.41) is 11.0. The van der Waals surface area contributed by atoms with Crippen LogP contribution in [-0.4, -0.2) is 27.3 Å². The minimum atomic E-state index is -0.463. The van der Waals surface area contributed by atoms with E-state index in [9.17, 15) is 4.79 Å². The van der Waals surface area contributed by atoms with Crippen molar-refractivity contribution in [3.05, 3.63) is 29.9 Å². The number of aryl methyl sites for hydroxylation is 1. The third kappa shape index (κ3) is 3.24. The van der Waals surface area contributed by atoms with Gasteiger partial charge in [-0.3, -0.25) is 4.98 Å². The lowest BCUT2D eigenvalue weighted by Crippen LogP contribution is -2.40. The highest BCUT2D eigenvalue weighted by molar-refractivity contribution is 5.71. The fourth-order valence-corrected chi connectivity index (χ4v) is 2.80. The van der Waals surface area contributed by atoms with E-state index in [2.05, 4.69) is 20.5 Å². The number of hydrogen-bond acceptors (Lipinski definition) is 5. The molecule has 7 nitrogen and oxygen atoms in total. The van der Waals surface area contributed by atoms with Gasteiger partial charge < -0.3 is 15.5 Å². The van der Waals surface area contributed by atoms with E-state index in [0.717, 1.165) is 36.9 Å². The Morgan fingerprint density at radius 3 is 2.68 bits per heavy atom. The molecule has 1 saturated carbocycles. The average molecular weight is 301 g/mol. The Kier molecular flexibility index (Phi) is 4.04. The number of pyridine rings is 1. The first-order valence-electron chi connectivity index (χ1n) is 7.44. The number of aromatic nitrogens is 3. The molecule has 0 unspecified atom stereocenters. The number of amides is 2. The second-order valence-corrected chi connectivity index (χ2v) is 5.69. The maximum absolute atomic E-state index is 10.9. The first kappa shape index (κ1) is 14.5. The number of rotatable bonds is 3. The number of hydrogen-bond donors (Lipinski definition) is 2. The Bertz CT molecular complexity index is 644. The molecule has 0 bridgehead atoms. The molecule has 0 aliphatic heterocycles. The summed E-state index contributed by atoms with van der Waals surface area (Å²) >= 11 is 0. The van der Waals surface area contributed by atoms with Gasteiger partial charge in [-0.1, -0.05) is 0 Å². The summed E-state index contributed by atoms with van der Waals surface area (Å²) in [6, 6.07) is 3.53. The molecule has 0 aromatic carbocycles. The van der Waals surface area contributed by atoms with Crippen molar-refractivity contribution in [3.63, 3.8) is 0 Å². The molecule has 0 atom stereocenters. The second kappa shape index (κ2) is 6.13. The van der Waals surface area contributed by atoms with Crippen LogP contribution < -0.4 is 11.1 Å². The summed E-state index contributed by atoms with van der Waals surface area (Å²) in [5.74, 6) is 1.40. The molecule has 1 fully saturated rings. The minimum absolute atomic E-state index is 0.150. The summed E-state index contributed by atoms with van der Waals surface area (Å²) < 4.78 is 5.79. The van der Waals surface area contributed by atoms with E-state index >= 15 is 0 Å². The Balaban J connectivity index is 1.65. The summed E-state index contributed by atoms with van der Waals surface area (Å²) in [7, 11) is 0. The van der Waals surface area contributed by atoms with E-state index in [-0.39, 0.29) is 12.0 Å². The normalized spacial score (nSPS) is 21.5. The zero-order valence-electron chi connectivity index (χ0n) is 12.5. The van der Waals surface area contributed by atoms with E-state index < -0.39 is 6.03 Å². The van der Waals surface area contributed by atoms with Gasteiger partial charge in [-0.05, 0) is 44.7 Å². The highest BCUT2D eigenvalue weighted by Gasteiger charge is 2.26. The van der Waals surface area contributed by atoms with Gasteiger partial charge in [0, 0.05) is 23.9 Å². The van der Waals surface area contributed by atoms with Crippen LogP contribution in [0, 0.1) is 6.92 Å². The standard InChI is InChI=1S/C15H19N5O2/c1-9-2-3-11(8-17-9)14-20-19-13(22-14)10-4-6-12(7-5-10)18-15(16)21/h2-3,8,10,12H,4-7H2,1H3,(H3,16,18,21). The fourth-order valence-electron chi connectivity index (χ4n) is 2.80. The molecule has 7 heteroatoms. The van der Waals surface area contributed by atoms with E-state index in [1.54, 1.807) is 6.20 Å². The van der Waals surface area contributed by atoms with Crippen molar-refractivity contribution in [3.8, 4) is 11.5 Å². The van der Waals surface area contributed by atoms with Gasteiger partial charge in [0.05, 0.1) is 5.56 Å². The molecule has 1 aliphatic carbocycles. The molecule has 0 spiro atoms. The van der Waals surface area contributed by atoms with Crippen LogP contribution in [0.15, 0.2) is 22.7 Å². The molecule has 2 amide bonds. The number of carbonyl (C=O) groups excluding carboxylic acids is 1. The van der Waals surface area contributed by atoms with Crippen LogP contribution in [0.3, 0.4) is 0 Å². The van der Waals surface area contributed by atoms with Crippen molar-refractivity contribution >= 4 is 6.03 Å². The maximum atomic E-state index is 10.9. The fraction of sp³-hybridized carbons (Fsp3) is 0.467. The van der Waals surface area contributed by atoms with Crippen molar-refractivity contribution in [1.82, 2.24) is 20.5 Å². The SMILES string of the molecule is Cc1ccc(-c2nnc(C3CCC(NC(N)=O)CC3)o2)cn1. The van der Waals surface area contributed by atoms with Crippen LogP contribution in [0.2, 0.25) is 0 Å². The van der Waals surface area contributed by atoms with E-state index in [4.69, 9.17) is 10.2 Å². The Hall–Kier alpha value is -2.44. The zero-order valence-corrected chi connectivity index (χ0v) is 12.5. The lowest BCUT2D eigenvalue weighted by atomic mass is 9.86. The predicted molar refractivity (Wildman–Crippen MR) is 80.0 cm³/mol. The lowest BCUT2D eigenvalue weighted by Gasteiger charge is -2.26. The van der Waals surface area contributed by atoms with Crippen molar-refractivity contribution < 1.29 is 9.21 Å². The number of primary amides is 1. The summed E-state index contributed by atoms with van der Waals surface area (Å²) in [6.07, 6.45) is 5.28. The quantitative estimate of drug-likeness (QED) is 0.903. The van der Waals surface area contributed by atoms with Gasteiger partial charge in [0.25, 0.3) is 0 Å². The van der Waals surface area contributed by atoms with E-state index in [1.165, 1.54) is 0 Å². The van der Waals surface area contributed by atoms with Gasteiger partial charge in [-0.2, -0.15) is 0 Å². The van der Waals surface area contributed by atoms with Crippen molar-refractivity contribution in [2.24, 2.45) is 5.73 Å². The van der Waals surface area contributed by atoms with E-state index in [1.807, 2.05) is 19.1 Å². The number of nitrogens with one attached hydrogen (secondary N) is 1. The highest BCUT2D eigenvalue weighted by atomic mass is 16.4. The predicted octanol–water partition coefficient (Wildman–Crippen LogP) is 2.13. The van der Waals surface area contributed by atoms with Crippen molar-refractivity contribution in [2.75, 3.05) is 0 Å². The monoisotopic (exact) mass is 301 g/mol. The smallest absolute Gasteiger partial charge is 0.312 e. The first-order valence-corrected chi connectivity index (χ1v) is 7.44. The Morgan fingerprint density at radius 2 is 2.05 bits per heavy atom. The molecule has 2 aromatic rings. The van der Waals surface area contributed by atoms with Crippen LogP contribution >= 0.6 is 0 Å². The van der Waals surface area contributed by atoms with Gasteiger partial charge in [-0.25, -0.2) is 4.79 Å². The lowest BCUT2D eigenvalue weighted by molar-refractivity contribution is 0.237. The molecular formula is C15H19N5O2. The topological polar surface area (TPSA) is 107 Å². The van der Waals surface area contributed by atoms with Gasteiger partial charge in [0.2, 0.25) is 11.8 Å². The number of carbonyl (C=O) groups is 1. The molecule has 3 N–H and O–H groups in total. The number of nitrogens with zero attached hydrogens (tertiary/aromatic N) is 3. The van der Waals surface area contributed by atoms with E-state index in [0.29, 0.717) is 11.8 Å². The largest absolute Gasteiger partial charge is 0.420 e. The number of urea groups is 1. The zero-order chi connectivity index (χ0) is 15.5. The third-order valence-corrected chi connectivity index (χ3v) is 4.02. The van der Waals surface area contributed by atoms with Gasteiger partial charge in [-0.15, -0.1) is 10.2 Å². The molecule has 1 aliphatic rings. The molecule has 0 radical (unpaired) electrons. The average Bonchev–Trinajstić information content (AvgIpc) is 2.98.